The molecule has 0 unspecified atom stereocenters. The summed E-state index contributed by atoms with van der Waals surface area (Å²) in [6.07, 6.45) is 0.665. The van der Waals surface area contributed by atoms with Crippen LogP contribution in [0.1, 0.15) is 23.8 Å². The molecule has 8 nitrogen and oxygen atoms in total. The Labute approximate surface area is 145 Å². The Hall–Kier alpha value is -2.61. The molecular formula is C17H23N3O5. The predicted octanol–water partition coefficient (Wildman–Crippen LogP) is 1.11. The summed E-state index contributed by atoms with van der Waals surface area (Å²) in [6.45, 7) is 3.50. The summed E-state index contributed by atoms with van der Waals surface area (Å²) < 4.78 is 17.1. The zero-order valence-corrected chi connectivity index (χ0v) is 14.9. The van der Waals surface area contributed by atoms with E-state index in [0.29, 0.717) is 48.7 Å². The van der Waals surface area contributed by atoms with Crippen LogP contribution in [0.4, 0.5) is 0 Å². The molecule has 1 aromatic carbocycles. The van der Waals surface area contributed by atoms with Gasteiger partial charge in [-0.1, -0.05) is 0 Å². The van der Waals surface area contributed by atoms with Crippen molar-refractivity contribution in [3.63, 3.8) is 0 Å². The molecule has 25 heavy (non-hydrogen) atoms. The molecule has 0 radical (unpaired) electrons. The summed E-state index contributed by atoms with van der Waals surface area (Å²) in [5.41, 5.74) is 0.399. The van der Waals surface area contributed by atoms with Crippen molar-refractivity contribution >= 4 is 16.9 Å². The van der Waals surface area contributed by atoms with Gasteiger partial charge in [0.25, 0.3) is 11.5 Å². The number of ether oxygens (including phenoxy) is 3. The number of aryl methyl sites for hydroxylation is 1. The lowest BCUT2D eigenvalue weighted by Gasteiger charge is -2.12. The molecular weight excluding hydrogens is 326 g/mol. The van der Waals surface area contributed by atoms with Crippen molar-refractivity contribution in [2.45, 2.75) is 13.3 Å². The summed E-state index contributed by atoms with van der Waals surface area (Å²) in [7, 11) is 4.61. The molecule has 0 fully saturated rings. The van der Waals surface area contributed by atoms with Crippen LogP contribution < -0.4 is 20.3 Å². The van der Waals surface area contributed by atoms with E-state index < -0.39 is 11.5 Å². The maximum atomic E-state index is 12.5. The molecule has 8 heteroatoms. The molecule has 0 spiro atoms. The van der Waals surface area contributed by atoms with E-state index in [-0.39, 0.29) is 5.69 Å². The Bertz CT molecular complexity index is 816. The van der Waals surface area contributed by atoms with Gasteiger partial charge in [0.15, 0.2) is 17.2 Å². The van der Waals surface area contributed by atoms with E-state index in [1.807, 2.05) is 6.92 Å². The lowest BCUT2D eigenvalue weighted by atomic mass is 10.2. The third kappa shape index (κ3) is 4.08. The number of nitrogens with zero attached hydrogens (tertiary/aromatic N) is 2. The van der Waals surface area contributed by atoms with Crippen molar-refractivity contribution in [3.05, 3.63) is 28.2 Å². The average molecular weight is 349 g/mol. The molecule has 1 heterocycles. The number of rotatable bonds is 8. The fourth-order valence-corrected chi connectivity index (χ4v) is 2.40. The van der Waals surface area contributed by atoms with Gasteiger partial charge in [-0.25, -0.2) is 4.98 Å². The fraction of sp³-hybridized carbons (Fsp3) is 0.471. The number of methoxy groups -OCH3 is 2. The number of amides is 1. The molecule has 0 atom stereocenters. The van der Waals surface area contributed by atoms with Gasteiger partial charge in [0.05, 0.1) is 25.3 Å². The number of hydrogen-bond acceptors (Lipinski definition) is 6. The van der Waals surface area contributed by atoms with Crippen LogP contribution in [0.3, 0.4) is 0 Å². The topological polar surface area (TPSA) is 91.7 Å². The van der Waals surface area contributed by atoms with Gasteiger partial charge in [-0.2, -0.15) is 0 Å². The monoisotopic (exact) mass is 349 g/mol. The molecule has 1 N–H and O–H groups in total. The standard InChI is InChI=1S/C17H23N3O5/c1-5-25-8-6-7-18-16(21)15-17(22)20(2)12-10-14(24-4)13(23-3)9-11(12)19-15/h9-10H,5-8H2,1-4H3,(H,18,21). The molecule has 1 aromatic heterocycles. The van der Waals surface area contributed by atoms with Gasteiger partial charge in [-0.05, 0) is 13.3 Å². The van der Waals surface area contributed by atoms with E-state index >= 15 is 0 Å². The normalized spacial score (nSPS) is 10.7. The van der Waals surface area contributed by atoms with Crippen LogP contribution in [0.2, 0.25) is 0 Å². The van der Waals surface area contributed by atoms with E-state index in [9.17, 15) is 9.59 Å². The first-order valence-electron chi connectivity index (χ1n) is 8.02. The maximum Gasteiger partial charge on any atom is 0.282 e. The summed E-state index contributed by atoms with van der Waals surface area (Å²) in [5.74, 6) is 0.456. The first-order chi connectivity index (χ1) is 12.0. The van der Waals surface area contributed by atoms with E-state index in [1.165, 1.54) is 18.8 Å². The minimum Gasteiger partial charge on any atom is -0.493 e. The quantitative estimate of drug-likeness (QED) is 0.718. The van der Waals surface area contributed by atoms with Crippen molar-refractivity contribution < 1.29 is 19.0 Å². The first-order valence-corrected chi connectivity index (χ1v) is 8.02. The number of nitrogens with one attached hydrogen (secondary N) is 1. The van der Waals surface area contributed by atoms with Crippen molar-refractivity contribution in [1.82, 2.24) is 14.9 Å². The molecule has 0 saturated carbocycles. The number of carbonyl (C=O) groups is 1. The average Bonchev–Trinajstić information content (AvgIpc) is 2.63. The van der Waals surface area contributed by atoms with Crippen LogP contribution in [0.5, 0.6) is 11.5 Å². The lowest BCUT2D eigenvalue weighted by molar-refractivity contribution is 0.0937. The van der Waals surface area contributed by atoms with Gasteiger partial charge in [-0.15, -0.1) is 0 Å². The predicted molar refractivity (Wildman–Crippen MR) is 93.5 cm³/mol. The number of benzene rings is 1. The highest BCUT2D eigenvalue weighted by atomic mass is 16.5. The zero-order valence-electron chi connectivity index (χ0n) is 14.9. The minimum atomic E-state index is -0.506. The van der Waals surface area contributed by atoms with Crippen LogP contribution in [0.25, 0.3) is 11.0 Å². The third-order valence-electron chi connectivity index (χ3n) is 3.75. The van der Waals surface area contributed by atoms with Crippen molar-refractivity contribution in [2.75, 3.05) is 34.0 Å². The summed E-state index contributed by atoms with van der Waals surface area (Å²) >= 11 is 0. The number of hydrogen-bond donors (Lipinski definition) is 1. The Morgan fingerprint density at radius 2 is 1.92 bits per heavy atom. The largest absolute Gasteiger partial charge is 0.493 e. The van der Waals surface area contributed by atoms with E-state index in [0.717, 1.165) is 0 Å². The second-order valence-corrected chi connectivity index (χ2v) is 5.33. The second kappa shape index (κ2) is 8.48. The second-order valence-electron chi connectivity index (χ2n) is 5.33. The SMILES string of the molecule is CCOCCCNC(=O)c1nc2cc(OC)c(OC)cc2n(C)c1=O. The van der Waals surface area contributed by atoms with Gasteiger partial charge in [0.2, 0.25) is 0 Å². The molecule has 1 amide bonds. The minimum absolute atomic E-state index is 0.154. The molecule has 0 aliphatic heterocycles. The summed E-state index contributed by atoms with van der Waals surface area (Å²) in [5, 5.41) is 2.69. The van der Waals surface area contributed by atoms with Gasteiger partial charge in [0.1, 0.15) is 0 Å². The molecule has 136 valence electrons. The van der Waals surface area contributed by atoms with Crippen LogP contribution in [-0.4, -0.2) is 49.4 Å². The Morgan fingerprint density at radius 3 is 2.56 bits per heavy atom. The van der Waals surface area contributed by atoms with E-state index in [1.54, 1.807) is 19.2 Å². The Morgan fingerprint density at radius 1 is 1.24 bits per heavy atom. The van der Waals surface area contributed by atoms with E-state index in [2.05, 4.69) is 10.3 Å². The highest BCUT2D eigenvalue weighted by Crippen LogP contribution is 2.30. The molecule has 0 saturated heterocycles. The molecule has 2 aromatic rings. The zero-order chi connectivity index (χ0) is 18.4. The smallest absolute Gasteiger partial charge is 0.282 e. The maximum absolute atomic E-state index is 12.5. The highest BCUT2D eigenvalue weighted by Gasteiger charge is 2.17. The molecule has 0 aliphatic carbocycles. The number of carbonyl (C=O) groups excluding carboxylic acids is 1. The van der Waals surface area contributed by atoms with Crippen LogP contribution in [0.15, 0.2) is 16.9 Å². The lowest BCUT2D eigenvalue weighted by Crippen LogP contribution is -2.34. The molecule has 0 bridgehead atoms. The van der Waals surface area contributed by atoms with Crippen molar-refractivity contribution in [2.24, 2.45) is 7.05 Å². The molecule has 2 rings (SSSR count). The van der Waals surface area contributed by atoms with Gasteiger partial charge < -0.3 is 24.1 Å². The van der Waals surface area contributed by atoms with E-state index in [4.69, 9.17) is 14.2 Å². The van der Waals surface area contributed by atoms with Gasteiger partial charge in [-0.3, -0.25) is 9.59 Å². The van der Waals surface area contributed by atoms with Crippen LogP contribution >= 0.6 is 0 Å². The van der Waals surface area contributed by atoms with Gasteiger partial charge >= 0.3 is 0 Å². The van der Waals surface area contributed by atoms with Crippen LogP contribution in [0, 0.1) is 0 Å². The Kier molecular flexibility index (Phi) is 6.35. The Balaban J connectivity index is 2.33. The third-order valence-corrected chi connectivity index (χ3v) is 3.75. The van der Waals surface area contributed by atoms with Gasteiger partial charge in [0, 0.05) is 38.9 Å². The number of aromatic nitrogens is 2. The van der Waals surface area contributed by atoms with Crippen molar-refractivity contribution in [1.29, 1.82) is 0 Å². The first kappa shape index (κ1) is 18.7. The summed E-state index contributed by atoms with van der Waals surface area (Å²) in [6, 6.07) is 3.30. The van der Waals surface area contributed by atoms with Crippen molar-refractivity contribution in [3.8, 4) is 11.5 Å². The molecule has 0 aliphatic rings. The number of fused-ring (bicyclic) bond motifs is 1. The van der Waals surface area contributed by atoms with Crippen LogP contribution in [-0.2, 0) is 11.8 Å². The highest BCUT2D eigenvalue weighted by molar-refractivity contribution is 5.94. The fourth-order valence-electron chi connectivity index (χ4n) is 2.40. The summed E-state index contributed by atoms with van der Waals surface area (Å²) in [4.78, 5) is 29.0.